The van der Waals surface area contributed by atoms with Crippen molar-refractivity contribution in [3.8, 4) is 23.3 Å². The highest BCUT2D eigenvalue weighted by Gasteiger charge is 2.26. The highest BCUT2D eigenvalue weighted by atomic mass is 14.3. The summed E-state index contributed by atoms with van der Waals surface area (Å²) in [5.41, 5.74) is 5.53. The molecule has 1 aliphatic carbocycles. The fourth-order valence-corrected chi connectivity index (χ4v) is 5.47. The molecule has 0 radical (unpaired) electrons. The Balaban J connectivity index is 1.73. The minimum Gasteiger partial charge on any atom is -0.192 e. The van der Waals surface area contributed by atoms with E-state index in [0.29, 0.717) is 17.0 Å². The van der Waals surface area contributed by atoms with Crippen molar-refractivity contribution in [3.05, 3.63) is 58.7 Å². The number of aryl methyl sites for hydroxylation is 1. The van der Waals surface area contributed by atoms with Crippen LogP contribution in [0.1, 0.15) is 119 Å². The fraction of sp³-hybridized carbons (Fsp3) is 0.548. The summed E-state index contributed by atoms with van der Waals surface area (Å²) in [5, 5.41) is 20.0. The largest absolute Gasteiger partial charge is 0.192 e. The molecule has 1 saturated carbocycles. The maximum atomic E-state index is 10.0. The highest BCUT2D eigenvalue weighted by Crippen LogP contribution is 2.41. The molecule has 0 saturated heterocycles. The summed E-state index contributed by atoms with van der Waals surface area (Å²) >= 11 is 0. The first-order valence-corrected chi connectivity index (χ1v) is 13.3. The van der Waals surface area contributed by atoms with Gasteiger partial charge in [0.05, 0.1) is 11.1 Å². The standard InChI is InChI=1S/C31H40N2/c1-3-5-7-8-9-11-25-14-18-27(19-15-25)29-21-20-28(30(22-32)31(29)23-33)26-16-12-24(13-17-26)10-6-4-2/h14-15,18-21,24,26H,3-13,16-17H2,1-2H3. The Hall–Kier alpha value is -2.58. The molecule has 174 valence electrons. The van der Waals surface area contributed by atoms with Gasteiger partial charge >= 0.3 is 0 Å². The normalized spacial score (nSPS) is 17.9. The summed E-state index contributed by atoms with van der Waals surface area (Å²) in [6.45, 7) is 4.51. The van der Waals surface area contributed by atoms with Crippen LogP contribution in [-0.4, -0.2) is 0 Å². The molecule has 3 rings (SSSR count). The summed E-state index contributed by atoms with van der Waals surface area (Å²) in [4.78, 5) is 0. The summed E-state index contributed by atoms with van der Waals surface area (Å²) in [6.07, 6.45) is 16.3. The van der Waals surface area contributed by atoms with Crippen LogP contribution in [0.2, 0.25) is 0 Å². The second-order valence-corrected chi connectivity index (χ2v) is 9.90. The van der Waals surface area contributed by atoms with E-state index in [9.17, 15) is 10.5 Å². The third kappa shape index (κ3) is 6.71. The van der Waals surface area contributed by atoms with E-state index in [4.69, 9.17) is 0 Å². The van der Waals surface area contributed by atoms with E-state index in [1.54, 1.807) is 0 Å². The number of unbranched alkanes of at least 4 members (excludes halogenated alkanes) is 5. The van der Waals surface area contributed by atoms with E-state index >= 15 is 0 Å². The first kappa shape index (κ1) is 25.1. The molecule has 0 bridgehead atoms. The van der Waals surface area contributed by atoms with Gasteiger partial charge in [-0.05, 0) is 67.1 Å². The molecular weight excluding hydrogens is 400 g/mol. The quantitative estimate of drug-likeness (QED) is 0.327. The third-order valence-corrected chi connectivity index (χ3v) is 7.55. The van der Waals surface area contributed by atoms with Crippen LogP contribution >= 0.6 is 0 Å². The van der Waals surface area contributed by atoms with Crippen LogP contribution in [0.5, 0.6) is 0 Å². The van der Waals surface area contributed by atoms with Crippen LogP contribution in [0.15, 0.2) is 36.4 Å². The zero-order valence-electron chi connectivity index (χ0n) is 20.7. The third-order valence-electron chi connectivity index (χ3n) is 7.55. The van der Waals surface area contributed by atoms with Crippen molar-refractivity contribution in [2.75, 3.05) is 0 Å². The monoisotopic (exact) mass is 440 g/mol. The van der Waals surface area contributed by atoms with Crippen LogP contribution in [-0.2, 0) is 6.42 Å². The minimum atomic E-state index is 0.411. The molecular formula is C31H40N2. The lowest BCUT2D eigenvalue weighted by molar-refractivity contribution is 0.304. The SMILES string of the molecule is CCCCCCCc1ccc(-c2ccc(C3CCC(CCCC)CC3)c(C#N)c2C#N)cc1. The molecule has 0 heterocycles. The molecule has 0 atom stereocenters. The predicted molar refractivity (Wildman–Crippen MR) is 138 cm³/mol. The zero-order valence-corrected chi connectivity index (χ0v) is 20.7. The molecule has 2 heteroatoms. The van der Waals surface area contributed by atoms with Gasteiger partial charge in [0.25, 0.3) is 0 Å². The van der Waals surface area contributed by atoms with Gasteiger partial charge in [-0.15, -0.1) is 0 Å². The first-order valence-electron chi connectivity index (χ1n) is 13.3. The Kier molecular flexibility index (Phi) is 10.0. The number of nitriles is 2. The van der Waals surface area contributed by atoms with Gasteiger partial charge in [-0.3, -0.25) is 0 Å². The summed E-state index contributed by atoms with van der Waals surface area (Å²) in [5.74, 6) is 1.25. The second-order valence-electron chi connectivity index (χ2n) is 9.90. The maximum Gasteiger partial charge on any atom is 0.101 e. The van der Waals surface area contributed by atoms with Crippen LogP contribution < -0.4 is 0 Å². The first-order chi connectivity index (χ1) is 16.2. The molecule has 0 aliphatic heterocycles. The van der Waals surface area contributed by atoms with Gasteiger partial charge in [-0.25, -0.2) is 0 Å². The molecule has 33 heavy (non-hydrogen) atoms. The van der Waals surface area contributed by atoms with Crippen molar-refractivity contribution in [1.29, 1.82) is 10.5 Å². The molecule has 0 aromatic heterocycles. The van der Waals surface area contributed by atoms with Crippen molar-refractivity contribution in [3.63, 3.8) is 0 Å². The van der Waals surface area contributed by atoms with E-state index in [1.165, 1.54) is 69.8 Å². The van der Waals surface area contributed by atoms with Crippen molar-refractivity contribution >= 4 is 0 Å². The average molecular weight is 441 g/mol. The molecule has 0 N–H and O–H groups in total. The fourth-order valence-electron chi connectivity index (χ4n) is 5.47. The van der Waals surface area contributed by atoms with Gasteiger partial charge in [0.2, 0.25) is 0 Å². The molecule has 1 aliphatic rings. The molecule has 2 aromatic rings. The van der Waals surface area contributed by atoms with Gasteiger partial charge in [0.1, 0.15) is 12.1 Å². The summed E-state index contributed by atoms with van der Waals surface area (Å²) in [7, 11) is 0. The van der Waals surface area contributed by atoms with Gasteiger partial charge < -0.3 is 0 Å². The lowest BCUT2D eigenvalue weighted by Crippen LogP contribution is -2.15. The van der Waals surface area contributed by atoms with Gasteiger partial charge in [0.15, 0.2) is 0 Å². The van der Waals surface area contributed by atoms with Crippen LogP contribution in [0.25, 0.3) is 11.1 Å². The lowest BCUT2D eigenvalue weighted by atomic mass is 9.75. The number of nitrogens with zero attached hydrogens (tertiary/aromatic N) is 2. The van der Waals surface area contributed by atoms with E-state index in [-0.39, 0.29) is 0 Å². The van der Waals surface area contributed by atoms with Gasteiger partial charge in [-0.2, -0.15) is 10.5 Å². The van der Waals surface area contributed by atoms with E-state index in [2.05, 4.69) is 62.4 Å². The van der Waals surface area contributed by atoms with Crippen LogP contribution in [0.4, 0.5) is 0 Å². The topological polar surface area (TPSA) is 47.6 Å². The molecule has 1 fully saturated rings. The lowest BCUT2D eigenvalue weighted by Gasteiger charge is -2.29. The Morgan fingerprint density at radius 3 is 2.03 bits per heavy atom. The van der Waals surface area contributed by atoms with E-state index < -0.39 is 0 Å². The Morgan fingerprint density at radius 2 is 1.39 bits per heavy atom. The zero-order chi connectivity index (χ0) is 23.5. The molecule has 0 amide bonds. The Morgan fingerprint density at radius 1 is 0.727 bits per heavy atom. The maximum absolute atomic E-state index is 10.0. The molecule has 2 nitrogen and oxygen atoms in total. The Bertz CT molecular complexity index is 950. The number of hydrogen-bond acceptors (Lipinski definition) is 2. The number of hydrogen-bond donors (Lipinski definition) is 0. The van der Waals surface area contributed by atoms with Crippen LogP contribution in [0.3, 0.4) is 0 Å². The summed E-state index contributed by atoms with van der Waals surface area (Å²) < 4.78 is 0. The molecule has 0 unspecified atom stereocenters. The highest BCUT2D eigenvalue weighted by molar-refractivity contribution is 5.75. The average Bonchev–Trinajstić information content (AvgIpc) is 2.87. The van der Waals surface area contributed by atoms with E-state index in [1.807, 2.05) is 0 Å². The van der Waals surface area contributed by atoms with Crippen molar-refractivity contribution in [2.24, 2.45) is 5.92 Å². The predicted octanol–water partition coefficient (Wildman–Crippen LogP) is 9.07. The van der Waals surface area contributed by atoms with Crippen LogP contribution in [0, 0.1) is 28.6 Å². The van der Waals surface area contributed by atoms with Crippen molar-refractivity contribution in [1.82, 2.24) is 0 Å². The second kappa shape index (κ2) is 13.2. The van der Waals surface area contributed by atoms with Gasteiger partial charge in [0, 0.05) is 5.56 Å². The summed E-state index contributed by atoms with van der Waals surface area (Å²) in [6, 6.07) is 17.6. The molecule has 0 spiro atoms. The minimum absolute atomic E-state index is 0.411. The van der Waals surface area contributed by atoms with Gasteiger partial charge in [-0.1, -0.05) is 95.2 Å². The van der Waals surface area contributed by atoms with Crippen molar-refractivity contribution < 1.29 is 0 Å². The smallest absolute Gasteiger partial charge is 0.101 e. The number of benzene rings is 2. The molecule has 2 aromatic carbocycles. The Labute approximate surface area is 201 Å². The van der Waals surface area contributed by atoms with E-state index in [0.717, 1.165) is 41.9 Å². The van der Waals surface area contributed by atoms with Crippen molar-refractivity contribution in [2.45, 2.75) is 103 Å². The number of rotatable bonds is 11.